The van der Waals surface area contributed by atoms with Crippen molar-refractivity contribution >= 4 is 41.1 Å². The molecule has 5 heteroatoms. The van der Waals surface area contributed by atoms with E-state index in [4.69, 9.17) is 39.5 Å². The monoisotopic (exact) mass is 314 g/mol. The first kappa shape index (κ1) is 14.2. The molecule has 0 amide bonds. The highest BCUT2D eigenvalue weighted by molar-refractivity contribution is 6.43. The van der Waals surface area contributed by atoms with Crippen molar-refractivity contribution in [1.29, 1.82) is 0 Å². The van der Waals surface area contributed by atoms with E-state index < -0.39 is 0 Å². The number of carbonyl (C=O) groups is 1. The molecule has 0 heterocycles. The van der Waals surface area contributed by atoms with Crippen molar-refractivity contribution in [2.75, 3.05) is 0 Å². The Balaban J connectivity index is 2.41. The number of carbonyl (C=O) groups excluding carboxylic acids is 1. The molecule has 0 aliphatic heterocycles. The summed E-state index contributed by atoms with van der Waals surface area (Å²) < 4.78 is 5.68. The standard InChI is InChI=1S/C14H9Cl3O2/c1-8-2-3-9(7-18)4-13(8)19-14-6-11(16)10(15)5-12(14)17/h2-7H,1H3. The molecular formula is C14H9Cl3O2. The van der Waals surface area contributed by atoms with E-state index in [1.807, 2.05) is 6.92 Å². The zero-order valence-electron chi connectivity index (χ0n) is 9.91. The van der Waals surface area contributed by atoms with E-state index in [-0.39, 0.29) is 0 Å². The summed E-state index contributed by atoms with van der Waals surface area (Å²) >= 11 is 17.8. The number of rotatable bonds is 3. The summed E-state index contributed by atoms with van der Waals surface area (Å²) in [7, 11) is 0. The fourth-order valence-corrected chi connectivity index (χ4v) is 2.08. The number of aldehydes is 1. The maximum Gasteiger partial charge on any atom is 0.150 e. The topological polar surface area (TPSA) is 26.3 Å². The average Bonchev–Trinajstić information content (AvgIpc) is 2.38. The maximum atomic E-state index is 10.8. The molecule has 0 radical (unpaired) electrons. The second kappa shape index (κ2) is 5.83. The minimum Gasteiger partial charge on any atom is -0.455 e. The molecule has 2 aromatic carbocycles. The van der Waals surface area contributed by atoms with Gasteiger partial charge in [0.15, 0.2) is 0 Å². The summed E-state index contributed by atoms with van der Waals surface area (Å²) in [6, 6.07) is 8.20. The van der Waals surface area contributed by atoms with Gasteiger partial charge in [0, 0.05) is 11.6 Å². The second-order valence-corrected chi connectivity index (χ2v) is 5.16. The first-order valence-electron chi connectivity index (χ1n) is 5.39. The van der Waals surface area contributed by atoms with Crippen LogP contribution in [0.2, 0.25) is 15.1 Å². The van der Waals surface area contributed by atoms with Gasteiger partial charge in [0.1, 0.15) is 17.8 Å². The van der Waals surface area contributed by atoms with Crippen molar-refractivity contribution in [3.8, 4) is 11.5 Å². The van der Waals surface area contributed by atoms with Crippen LogP contribution < -0.4 is 4.74 Å². The molecule has 19 heavy (non-hydrogen) atoms. The van der Waals surface area contributed by atoms with Gasteiger partial charge in [0.25, 0.3) is 0 Å². The Morgan fingerprint density at radius 2 is 1.63 bits per heavy atom. The predicted molar refractivity (Wildman–Crippen MR) is 78.1 cm³/mol. The molecule has 0 spiro atoms. The number of benzene rings is 2. The largest absolute Gasteiger partial charge is 0.455 e. The molecule has 0 saturated carbocycles. The van der Waals surface area contributed by atoms with E-state index in [9.17, 15) is 4.79 Å². The lowest BCUT2D eigenvalue weighted by Crippen LogP contribution is -1.91. The van der Waals surface area contributed by atoms with Crippen molar-refractivity contribution in [2.45, 2.75) is 6.92 Å². The van der Waals surface area contributed by atoms with E-state index >= 15 is 0 Å². The molecule has 0 atom stereocenters. The average molecular weight is 316 g/mol. The Morgan fingerprint density at radius 3 is 2.32 bits per heavy atom. The third-order valence-corrected chi connectivity index (χ3v) is 3.56. The molecule has 0 fully saturated rings. The summed E-state index contributed by atoms with van der Waals surface area (Å²) in [6.07, 6.45) is 0.753. The van der Waals surface area contributed by atoms with Crippen LogP contribution >= 0.6 is 34.8 Å². The van der Waals surface area contributed by atoms with Crippen LogP contribution in [0.15, 0.2) is 30.3 Å². The lowest BCUT2D eigenvalue weighted by molar-refractivity contribution is 0.112. The van der Waals surface area contributed by atoms with Gasteiger partial charge in [-0.15, -0.1) is 0 Å². The summed E-state index contributed by atoms with van der Waals surface area (Å²) in [4.78, 5) is 10.8. The van der Waals surface area contributed by atoms with Gasteiger partial charge >= 0.3 is 0 Å². The Morgan fingerprint density at radius 1 is 0.947 bits per heavy atom. The molecule has 0 N–H and O–H groups in total. The van der Waals surface area contributed by atoms with E-state index in [1.165, 1.54) is 6.07 Å². The van der Waals surface area contributed by atoms with E-state index in [2.05, 4.69) is 0 Å². The fraction of sp³-hybridized carbons (Fsp3) is 0.0714. The number of ether oxygens (including phenoxy) is 1. The predicted octanol–water partition coefficient (Wildman–Crippen LogP) is 5.56. The third-order valence-electron chi connectivity index (χ3n) is 2.54. The summed E-state index contributed by atoms with van der Waals surface area (Å²) in [5, 5.41) is 1.06. The number of aryl methyl sites for hydroxylation is 1. The fourth-order valence-electron chi connectivity index (χ4n) is 1.50. The normalized spacial score (nSPS) is 10.3. The molecule has 0 bridgehead atoms. The quantitative estimate of drug-likeness (QED) is 0.547. The zero-order valence-corrected chi connectivity index (χ0v) is 12.2. The molecule has 0 unspecified atom stereocenters. The highest BCUT2D eigenvalue weighted by atomic mass is 35.5. The van der Waals surface area contributed by atoms with Crippen LogP contribution in [0.4, 0.5) is 0 Å². The Hall–Kier alpha value is -1.22. The summed E-state index contributed by atoms with van der Waals surface area (Å²) in [5.74, 6) is 0.937. The van der Waals surface area contributed by atoms with Crippen LogP contribution in [-0.4, -0.2) is 6.29 Å². The molecule has 98 valence electrons. The number of hydrogen-bond donors (Lipinski definition) is 0. The lowest BCUT2D eigenvalue weighted by Gasteiger charge is -2.11. The van der Waals surface area contributed by atoms with Gasteiger partial charge in [0.2, 0.25) is 0 Å². The van der Waals surface area contributed by atoms with Gasteiger partial charge in [-0.2, -0.15) is 0 Å². The van der Waals surface area contributed by atoms with Crippen LogP contribution in [0, 0.1) is 6.92 Å². The van der Waals surface area contributed by atoms with Crippen LogP contribution in [-0.2, 0) is 0 Å². The minimum absolute atomic E-state index is 0.352. The van der Waals surface area contributed by atoms with E-state index in [0.717, 1.165) is 11.8 Å². The number of halogens is 3. The highest BCUT2D eigenvalue weighted by Gasteiger charge is 2.10. The van der Waals surface area contributed by atoms with Crippen LogP contribution in [0.25, 0.3) is 0 Å². The van der Waals surface area contributed by atoms with Crippen LogP contribution in [0.1, 0.15) is 15.9 Å². The molecule has 2 rings (SSSR count). The lowest BCUT2D eigenvalue weighted by atomic mass is 10.1. The zero-order chi connectivity index (χ0) is 14.0. The third kappa shape index (κ3) is 3.21. The van der Waals surface area contributed by atoms with E-state index in [0.29, 0.717) is 32.1 Å². The van der Waals surface area contributed by atoms with Crippen molar-refractivity contribution < 1.29 is 9.53 Å². The second-order valence-electron chi connectivity index (χ2n) is 3.94. The first-order chi connectivity index (χ1) is 9.01. The van der Waals surface area contributed by atoms with E-state index in [1.54, 1.807) is 24.3 Å². The van der Waals surface area contributed by atoms with Crippen molar-refractivity contribution in [3.05, 3.63) is 56.5 Å². The molecule has 0 aliphatic carbocycles. The van der Waals surface area contributed by atoms with Crippen LogP contribution in [0.3, 0.4) is 0 Å². The highest BCUT2D eigenvalue weighted by Crippen LogP contribution is 2.37. The summed E-state index contributed by atoms with van der Waals surface area (Å²) in [5.41, 5.74) is 1.41. The summed E-state index contributed by atoms with van der Waals surface area (Å²) in [6.45, 7) is 1.87. The SMILES string of the molecule is Cc1ccc(C=O)cc1Oc1cc(Cl)c(Cl)cc1Cl. The van der Waals surface area contributed by atoms with Gasteiger partial charge in [-0.1, -0.05) is 46.9 Å². The maximum absolute atomic E-state index is 10.8. The van der Waals surface area contributed by atoms with Gasteiger partial charge < -0.3 is 4.74 Å². The van der Waals surface area contributed by atoms with Crippen molar-refractivity contribution in [3.63, 3.8) is 0 Å². The minimum atomic E-state index is 0.352. The molecule has 2 nitrogen and oxygen atoms in total. The van der Waals surface area contributed by atoms with Crippen LogP contribution in [0.5, 0.6) is 11.5 Å². The Kier molecular flexibility index (Phi) is 4.35. The van der Waals surface area contributed by atoms with Crippen molar-refractivity contribution in [1.82, 2.24) is 0 Å². The Bertz CT molecular complexity index is 639. The van der Waals surface area contributed by atoms with Crippen molar-refractivity contribution in [2.24, 2.45) is 0 Å². The first-order valence-corrected chi connectivity index (χ1v) is 6.53. The van der Waals surface area contributed by atoms with Gasteiger partial charge in [-0.05, 0) is 24.6 Å². The molecule has 0 aliphatic rings. The number of hydrogen-bond acceptors (Lipinski definition) is 2. The smallest absolute Gasteiger partial charge is 0.150 e. The molecule has 2 aromatic rings. The Labute approximate surface area is 125 Å². The molecule has 0 saturated heterocycles. The van der Waals surface area contributed by atoms with Gasteiger partial charge in [-0.3, -0.25) is 4.79 Å². The molecule has 0 aromatic heterocycles. The van der Waals surface area contributed by atoms with Gasteiger partial charge in [-0.25, -0.2) is 0 Å². The van der Waals surface area contributed by atoms with Gasteiger partial charge in [0.05, 0.1) is 15.1 Å². The molecular weight excluding hydrogens is 307 g/mol.